The second kappa shape index (κ2) is 6.60. The van der Waals surface area contributed by atoms with Gasteiger partial charge in [0.2, 0.25) is 0 Å². The summed E-state index contributed by atoms with van der Waals surface area (Å²) in [6, 6.07) is 6.40. The topological polar surface area (TPSA) is 71.7 Å². The summed E-state index contributed by atoms with van der Waals surface area (Å²) in [4.78, 5) is 20.5. The molecule has 1 aliphatic rings. The van der Waals surface area contributed by atoms with Gasteiger partial charge in [0, 0.05) is 33.2 Å². The van der Waals surface area contributed by atoms with Crippen LogP contribution in [0.1, 0.15) is 10.4 Å². The third kappa shape index (κ3) is 3.21. The van der Waals surface area contributed by atoms with Crippen molar-refractivity contribution < 1.29 is 9.53 Å². The van der Waals surface area contributed by atoms with Gasteiger partial charge in [-0.2, -0.15) is 0 Å². The molecule has 3 rings (SSSR count). The van der Waals surface area contributed by atoms with Gasteiger partial charge in [-0.3, -0.25) is 9.69 Å². The number of fused-ring (bicyclic) bond motifs is 1. The molecule has 1 aliphatic heterocycles. The molecule has 0 spiro atoms. The summed E-state index contributed by atoms with van der Waals surface area (Å²) in [6.07, 6.45) is 0. The number of ether oxygens (including phenoxy) is 1. The zero-order valence-electron chi connectivity index (χ0n) is 12.5. The zero-order chi connectivity index (χ0) is 15.5. The first kappa shape index (κ1) is 15.2. The highest BCUT2D eigenvalue weighted by Gasteiger charge is 2.15. The molecule has 1 radical (unpaired) electrons. The normalized spacial score (nSPS) is 16.0. The smallest absolute Gasteiger partial charge is 0.250 e. The van der Waals surface area contributed by atoms with E-state index in [9.17, 15) is 4.79 Å². The molecule has 22 heavy (non-hydrogen) atoms. The van der Waals surface area contributed by atoms with Gasteiger partial charge in [0.05, 0.1) is 29.0 Å². The summed E-state index contributed by atoms with van der Waals surface area (Å²) in [5, 5.41) is 0.894. The van der Waals surface area contributed by atoms with Crippen molar-refractivity contribution in [3.8, 4) is 0 Å². The molecule has 6 nitrogen and oxygen atoms in total. The molecule has 0 unspecified atom stereocenters. The number of aromatic nitrogens is 1. The summed E-state index contributed by atoms with van der Waals surface area (Å²) < 4.78 is 6.29. The number of nitrogens with zero attached hydrogens (tertiary/aromatic N) is 3. The molecule has 1 fully saturated rings. The van der Waals surface area contributed by atoms with Gasteiger partial charge >= 0.3 is 0 Å². The molecule has 117 valence electrons. The first-order valence-corrected chi connectivity index (χ1v) is 8.08. The van der Waals surface area contributed by atoms with E-state index in [0.29, 0.717) is 11.1 Å². The highest BCUT2D eigenvalue weighted by molar-refractivity contribution is 7.22. The van der Waals surface area contributed by atoms with Gasteiger partial charge in [-0.25, -0.2) is 4.98 Å². The van der Waals surface area contributed by atoms with Crippen molar-refractivity contribution in [2.24, 2.45) is 5.73 Å². The van der Waals surface area contributed by atoms with E-state index in [0.717, 1.165) is 49.2 Å². The summed E-state index contributed by atoms with van der Waals surface area (Å²) in [7, 11) is 2.02. The van der Waals surface area contributed by atoms with Crippen molar-refractivity contribution in [2.75, 3.05) is 51.3 Å². The molecule has 1 aromatic heterocycles. The number of anilines is 1. The lowest BCUT2D eigenvalue weighted by Crippen LogP contribution is -2.40. The van der Waals surface area contributed by atoms with Gasteiger partial charge in [-0.1, -0.05) is 11.3 Å². The number of amides is 1. The number of hydrogen-bond donors (Lipinski definition) is 1. The Bertz CT molecular complexity index is 667. The number of hydrogen-bond acceptors (Lipinski definition) is 6. The number of primary amides is 1. The van der Waals surface area contributed by atoms with Gasteiger partial charge in [-0.05, 0) is 18.2 Å². The van der Waals surface area contributed by atoms with E-state index in [2.05, 4.69) is 20.9 Å². The number of likely N-dealkylation sites (N-methyl/N-ethyl adjacent to an activating group) is 1. The highest BCUT2D eigenvalue weighted by atomic mass is 32.1. The molecule has 1 amide bonds. The first-order valence-electron chi connectivity index (χ1n) is 7.27. The molecule has 0 bridgehead atoms. The maximum atomic E-state index is 11.5. The van der Waals surface area contributed by atoms with Gasteiger partial charge in [0.1, 0.15) is 0 Å². The summed E-state index contributed by atoms with van der Waals surface area (Å²) in [5.74, 6) is -0.463. The quantitative estimate of drug-likeness (QED) is 0.889. The van der Waals surface area contributed by atoms with E-state index in [1.807, 2.05) is 13.1 Å². The van der Waals surface area contributed by atoms with Gasteiger partial charge in [-0.15, -0.1) is 0 Å². The van der Waals surface area contributed by atoms with E-state index < -0.39 is 5.91 Å². The fourth-order valence-electron chi connectivity index (χ4n) is 2.44. The minimum absolute atomic E-state index is 0.432. The Morgan fingerprint density at radius 1 is 1.50 bits per heavy atom. The van der Waals surface area contributed by atoms with Crippen molar-refractivity contribution in [3.05, 3.63) is 23.8 Å². The Kier molecular flexibility index (Phi) is 4.56. The molecule has 0 aliphatic carbocycles. The van der Waals surface area contributed by atoms with Crippen LogP contribution < -0.4 is 10.6 Å². The standard InChI is InChI=1S/C15H19N4O2S/c1-18(5-6-19-7-9-21-10-8-19)15-17-13-11(14(16)20)3-2-4-12(13)22-15/h3-4H,5-10H2,1H3,(H2,16,20). The second-order valence-electron chi connectivity index (χ2n) is 5.32. The van der Waals surface area contributed by atoms with Crippen molar-refractivity contribution >= 4 is 32.6 Å². The van der Waals surface area contributed by atoms with Crippen LogP contribution in [0.25, 0.3) is 10.2 Å². The number of rotatable bonds is 5. The van der Waals surface area contributed by atoms with Crippen LogP contribution in [0, 0.1) is 6.07 Å². The average Bonchev–Trinajstić information content (AvgIpc) is 2.97. The highest BCUT2D eigenvalue weighted by Crippen LogP contribution is 2.29. The third-order valence-electron chi connectivity index (χ3n) is 3.79. The fourth-order valence-corrected chi connectivity index (χ4v) is 3.40. The van der Waals surface area contributed by atoms with E-state index in [-0.39, 0.29) is 0 Å². The van der Waals surface area contributed by atoms with Crippen molar-refractivity contribution in [1.82, 2.24) is 9.88 Å². The summed E-state index contributed by atoms with van der Waals surface area (Å²) in [5.41, 5.74) is 6.50. The maximum absolute atomic E-state index is 11.5. The van der Waals surface area contributed by atoms with Crippen LogP contribution in [0.15, 0.2) is 12.1 Å². The molecule has 2 aromatic rings. The Balaban J connectivity index is 1.72. The average molecular weight is 319 g/mol. The Labute approximate surface area is 133 Å². The van der Waals surface area contributed by atoms with Crippen LogP contribution in [-0.2, 0) is 4.74 Å². The van der Waals surface area contributed by atoms with Crippen LogP contribution in [0.5, 0.6) is 0 Å². The van der Waals surface area contributed by atoms with Gasteiger partial charge in [0.15, 0.2) is 5.13 Å². The first-order chi connectivity index (χ1) is 10.6. The third-order valence-corrected chi connectivity index (χ3v) is 4.90. The van der Waals surface area contributed by atoms with Crippen LogP contribution in [0.3, 0.4) is 0 Å². The van der Waals surface area contributed by atoms with E-state index in [1.165, 1.54) is 0 Å². The van der Waals surface area contributed by atoms with Gasteiger partial charge < -0.3 is 15.4 Å². The molecular weight excluding hydrogens is 300 g/mol. The molecule has 1 saturated heterocycles. The number of carbonyl (C=O) groups excluding carboxylic acids is 1. The Morgan fingerprint density at radius 3 is 3.00 bits per heavy atom. The number of benzene rings is 1. The monoisotopic (exact) mass is 319 g/mol. The number of nitrogens with two attached hydrogens (primary N) is 1. The Morgan fingerprint density at radius 2 is 2.27 bits per heavy atom. The van der Waals surface area contributed by atoms with Crippen LogP contribution in [0.2, 0.25) is 0 Å². The van der Waals surface area contributed by atoms with Crippen LogP contribution in [-0.4, -0.2) is 62.2 Å². The fraction of sp³-hybridized carbons (Fsp3) is 0.467. The van der Waals surface area contributed by atoms with E-state index in [1.54, 1.807) is 17.4 Å². The molecular formula is C15H19N4O2S. The van der Waals surface area contributed by atoms with E-state index in [4.69, 9.17) is 10.5 Å². The molecule has 0 atom stereocenters. The minimum atomic E-state index is -0.463. The zero-order valence-corrected chi connectivity index (χ0v) is 13.4. The summed E-state index contributed by atoms with van der Waals surface area (Å²) >= 11 is 1.56. The largest absolute Gasteiger partial charge is 0.379 e. The molecule has 2 N–H and O–H groups in total. The maximum Gasteiger partial charge on any atom is 0.250 e. The van der Waals surface area contributed by atoms with Gasteiger partial charge in [0.25, 0.3) is 5.91 Å². The van der Waals surface area contributed by atoms with E-state index >= 15 is 0 Å². The number of morpholine rings is 1. The van der Waals surface area contributed by atoms with Crippen molar-refractivity contribution in [1.29, 1.82) is 0 Å². The number of thiazole rings is 1. The minimum Gasteiger partial charge on any atom is -0.379 e. The summed E-state index contributed by atoms with van der Waals surface area (Å²) in [6.45, 7) is 5.44. The molecule has 2 heterocycles. The van der Waals surface area contributed by atoms with Crippen LogP contribution in [0.4, 0.5) is 5.13 Å². The molecule has 0 saturated carbocycles. The second-order valence-corrected chi connectivity index (χ2v) is 6.33. The predicted octanol–water partition coefficient (Wildman–Crippen LogP) is 0.964. The molecule has 1 aromatic carbocycles. The number of carbonyl (C=O) groups is 1. The lowest BCUT2D eigenvalue weighted by molar-refractivity contribution is 0.0393. The SMILES string of the molecule is CN(CCN1CCOCC1)c1nc2c(C(N)=O)c[c]cc2s1. The predicted molar refractivity (Wildman–Crippen MR) is 87.5 cm³/mol. The lowest BCUT2D eigenvalue weighted by Gasteiger charge is -2.28. The lowest BCUT2D eigenvalue weighted by atomic mass is 10.2. The van der Waals surface area contributed by atoms with Crippen molar-refractivity contribution in [3.63, 3.8) is 0 Å². The Hall–Kier alpha value is -1.70. The molecule has 7 heteroatoms. The van der Waals surface area contributed by atoms with Crippen molar-refractivity contribution in [2.45, 2.75) is 0 Å². The van der Waals surface area contributed by atoms with Crippen LogP contribution >= 0.6 is 11.3 Å².